The summed E-state index contributed by atoms with van der Waals surface area (Å²) in [5, 5.41) is 4.40. The first-order chi connectivity index (χ1) is 13.8. The minimum atomic E-state index is -0.467. The molecule has 1 aromatic heterocycles. The Bertz CT molecular complexity index is 692. The summed E-state index contributed by atoms with van der Waals surface area (Å²) >= 11 is 6.93. The highest BCUT2D eigenvalue weighted by Gasteiger charge is 2.27. The largest absolute Gasteiger partial charge is 0.465 e. The van der Waals surface area contributed by atoms with Crippen molar-refractivity contribution in [2.24, 2.45) is 0 Å². The first-order valence-corrected chi connectivity index (χ1v) is 11.5. The Kier molecular flexibility index (Phi) is 11.2. The number of methoxy groups -OCH3 is 1. The standard InChI is InChI=1S/C21H35N3O3S2/c1-7-9-11-13-24(14-12-10-8-2)21(28)22-18-16(20(26)27-6)15(3)17(29-18)19(25)23(4)5/h7-14H2,1-6H3,(H,22,28). The summed E-state index contributed by atoms with van der Waals surface area (Å²) in [5.41, 5.74) is 1.00. The van der Waals surface area contributed by atoms with Gasteiger partial charge < -0.3 is 19.9 Å². The predicted molar refractivity (Wildman–Crippen MR) is 125 cm³/mol. The number of rotatable bonds is 11. The number of nitrogens with one attached hydrogen (secondary N) is 1. The third-order valence-corrected chi connectivity index (χ3v) is 6.26. The number of esters is 1. The molecule has 0 fully saturated rings. The zero-order chi connectivity index (χ0) is 22.0. The van der Waals surface area contributed by atoms with E-state index in [4.69, 9.17) is 17.0 Å². The summed E-state index contributed by atoms with van der Waals surface area (Å²) in [6.07, 6.45) is 6.75. The van der Waals surface area contributed by atoms with Gasteiger partial charge in [-0.15, -0.1) is 11.3 Å². The molecule has 0 unspecified atom stereocenters. The normalized spacial score (nSPS) is 10.6. The van der Waals surface area contributed by atoms with Crippen molar-refractivity contribution in [3.8, 4) is 0 Å². The van der Waals surface area contributed by atoms with Gasteiger partial charge in [-0.2, -0.15) is 0 Å². The zero-order valence-corrected chi connectivity index (χ0v) is 20.2. The van der Waals surface area contributed by atoms with E-state index in [0.29, 0.717) is 26.1 Å². The van der Waals surface area contributed by atoms with E-state index >= 15 is 0 Å². The van der Waals surface area contributed by atoms with Crippen LogP contribution in [0.1, 0.15) is 78.0 Å². The molecule has 6 nitrogen and oxygen atoms in total. The van der Waals surface area contributed by atoms with Crippen molar-refractivity contribution in [3.63, 3.8) is 0 Å². The lowest BCUT2D eigenvalue weighted by Gasteiger charge is -2.26. The number of unbranched alkanes of at least 4 members (excludes halogenated alkanes) is 4. The van der Waals surface area contributed by atoms with Crippen LogP contribution in [-0.4, -0.2) is 61.1 Å². The van der Waals surface area contributed by atoms with E-state index in [-0.39, 0.29) is 5.91 Å². The smallest absolute Gasteiger partial charge is 0.341 e. The van der Waals surface area contributed by atoms with Crippen LogP contribution in [0.5, 0.6) is 0 Å². The minimum Gasteiger partial charge on any atom is -0.465 e. The van der Waals surface area contributed by atoms with E-state index in [2.05, 4.69) is 24.1 Å². The van der Waals surface area contributed by atoms with E-state index < -0.39 is 5.97 Å². The molecule has 0 aliphatic heterocycles. The highest BCUT2D eigenvalue weighted by atomic mass is 32.1. The molecule has 1 amide bonds. The molecule has 0 radical (unpaired) electrons. The van der Waals surface area contributed by atoms with Gasteiger partial charge >= 0.3 is 5.97 Å². The number of hydrogen-bond acceptors (Lipinski definition) is 5. The summed E-state index contributed by atoms with van der Waals surface area (Å²) in [5.74, 6) is -0.607. The third-order valence-electron chi connectivity index (χ3n) is 4.71. The van der Waals surface area contributed by atoms with Gasteiger partial charge in [0.1, 0.15) is 5.00 Å². The number of anilines is 1. The van der Waals surface area contributed by atoms with Crippen molar-refractivity contribution in [1.29, 1.82) is 0 Å². The molecule has 0 saturated carbocycles. The summed E-state index contributed by atoms with van der Waals surface area (Å²) < 4.78 is 4.96. The van der Waals surface area contributed by atoms with Crippen LogP contribution in [0.4, 0.5) is 5.00 Å². The third kappa shape index (κ3) is 7.26. The molecule has 0 spiro atoms. The molecule has 0 aliphatic carbocycles. The van der Waals surface area contributed by atoms with Crippen LogP contribution in [0, 0.1) is 6.92 Å². The molecule has 0 bridgehead atoms. The number of carbonyl (C=O) groups excluding carboxylic acids is 2. The van der Waals surface area contributed by atoms with Gasteiger partial charge in [0.05, 0.1) is 17.6 Å². The Balaban J connectivity index is 3.12. The van der Waals surface area contributed by atoms with Gasteiger partial charge in [0.15, 0.2) is 5.11 Å². The molecule has 29 heavy (non-hydrogen) atoms. The van der Waals surface area contributed by atoms with Gasteiger partial charge in [-0.1, -0.05) is 39.5 Å². The lowest BCUT2D eigenvalue weighted by molar-refractivity contribution is 0.0601. The molecule has 0 saturated heterocycles. The average molecular weight is 442 g/mol. The van der Waals surface area contributed by atoms with Crippen molar-refractivity contribution in [1.82, 2.24) is 9.80 Å². The van der Waals surface area contributed by atoms with Gasteiger partial charge in [0.2, 0.25) is 0 Å². The Morgan fingerprint density at radius 2 is 1.62 bits per heavy atom. The first kappa shape index (κ1) is 25.4. The van der Waals surface area contributed by atoms with E-state index in [0.717, 1.165) is 51.6 Å². The summed E-state index contributed by atoms with van der Waals surface area (Å²) in [4.78, 5) is 29.1. The fourth-order valence-corrected chi connectivity index (χ4v) is 4.52. The fourth-order valence-electron chi connectivity index (χ4n) is 2.95. The zero-order valence-electron chi connectivity index (χ0n) is 18.6. The number of carbonyl (C=O) groups is 2. The Hall–Kier alpha value is -1.67. The Labute approximate surface area is 184 Å². The maximum absolute atomic E-state index is 12.5. The van der Waals surface area contributed by atoms with Gasteiger partial charge in [-0.05, 0) is 37.5 Å². The van der Waals surface area contributed by atoms with Crippen LogP contribution < -0.4 is 5.32 Å². The van der Waals surface area contributed by atoms with Gasteiger partial charge in [-0.25, -0.2) is 4.79 Å². The molecule has 0 aliphatic rings. The van der Waals surface area contributed by atoms with Crippen molar-refractivity contribution >= 4 is 45.5 Å². The van der Waals surface area contributed by atoms with Crippen molar-refractivity contribution in [2.45, 2.75) is 59.3 Å². The second kappa shape index (κ2) is 12.8. The van der Waals surface area contributed by atoms with Crippen LogP contribution in [0.2, 0.25) is 0 Å². The van der Waals surface area contributed by atoms with E-state index in [1.54, 1.807) is 21.0 Å². The van der Waals surface area contributed by atoms with Gasteiger partial charge in [0.25, 0.3) is 5.91 Å². The number of hydrogen-bond donors (Lipinski definition) is 1. The number of thiocarbonyl (C=S) groups is 1. The Morgan fingerprint density at radius 3 is 2.07 bits per heavy atom. The van der Waals surface area contributed by atoms with E-state index in [1.807, 2.05) is 0 Å². The van der Waals surface area contributed by atoms with Gasteiger partial charge in [-0.3, -0.25) is 4.79 Å². The molecule has 164 valence electrons. The lowest BCUT2D eigenvalue weighted by Crippen LogP contribution is -2.36. The SMILES string of the molecule is CCCCCN(CCCCC)C(=S)Nc1sc(C(=O)N(C)C)c(C)c1C(=O)OC. The first-order valence-electron chi connectivity index (χ1n) is 10.3. The maximum Gasteiger partial charge on any atom is 0.341 e. The summed E-state index contributed by atoms with van der Waals surface area (Å²) in [7, 11) is 4.73. The van der Waals surface area contributed by atoms with Crippen LogP contribution in [0.15, 0.2) is 0 Å². The maximum atomic E-state index is 12.5. The molecule has 1 N–H and O–H groups in total. The molecule has 1 aromatic rings. The molecule has 1 heterocycles. The summed E-state index contributed by atoms with van der Waals surface area (Å²) in [6, 6.07) is 0. The fraction of sp³-hybridized carbons (Fsp3) is 0.667. The molecule has 0 aromatic carbocycles. The second-order valence-electron chi connectivity index (χ2n) is 7.28. The summed E-state index contributed by atoms with van der Waals surface area (Å²) in [6.45, 7) is 7.89. The molecule has 0 atom stereocenters. The Morgan fingerprint density at radius 1 is 1.07 bits per heavy atom. The van der Waals surface area contributed by atoms with Crippen LogP contribution >= 0.6 is 23.6 Å². The van der Waals surface area contributed by atoms with E-state index in [1.165, 1.54) is 23.3 Å². The number of thiophene rings is 1. The van der Waals surface area contributed by atoms with Crippen molar-refractivity contribution in [3.05, 3.63) is 16.0 Å². The number of ether oxygens (including phenoxy) is 1. The van der Waals surface area contributed by atoms with Crippen LogP contribution in [-0.2, 0) is 4.74 Å². The molecule has 1 rings (SSSR count). The highest BCUT2D eigenvalue weighted by molar-refractivity contribution is 7.80. The second-order valence-corrected chi connectivity index (χ2v) is 8.69. The number of nitrogens with zero attached hydrogens (tertiary/aromatic N) is 2. The monoisotopic (exact) mass is 441 g/mol. The number of amides is 1. The van der Waals surface area contributed by atoms with Gasteiger partial charge in [0, 0.05) is 27.2 Å². The molecular formula is C21H35N3O3S2. The predicted octanol–water partition coefficient (Wildman–Crippen LogP) is 4.92. The van der Waals surface area contributed by atoms with Crippen molar-refractivity contribution < 1.29 is 14.3 Å². The molecule has 8 heteroatoms. The average Bonchev–Trinajstić information content (AvgIpc) is 3.01. The van der Waals surface area contributed by atoms with Crippen LogP contribution in [0.3, 0.4) is 0 Å². The molecular weight excluding hydrogens is 406 g/mol. The minimum absolute atomic E-state index is 0.139. The van der Waals surface area contributed by atoms with Crippen molar-refractivity contribution in [2.75, 3.05) is 39.6 Å². The topological polar surface area (TPSA) is 61.9 Å². The van der Waals surface area contributed by atoms with E-state index in [9.17, 15) is 9.59 Å². The van der Waals surface area contributed by atoms with Crippen LogP contribution in [0.25, 0.3) is 0 Å². The quantitative estimate of drug-likeness (QED) is 0.299. The lowest BCUT2D eigenvalue weighted by atomic mass is 10.1. The highest BCUT2D eigenvalue weighted by Crippen LogP contribution is 2.34.